The van der Waals surface area contributed by atoms with Gasteiger partial charge < -0.3 is 9.47 Å². The van der Waals surface area contributed by atoms with Gasteiger partial charge in [-0.15, -0.1) is 0 Å². The molecule has 0 amide bonds. The first-order valence-electron chi connectivity index (χ1n) is 5.78. The van der Waals surface area contributed by atoms with E-state index in [0.29, 0.717) is 6.61 Å². The molecule has 2 nitrogen and oxygen atoms in total. The van der Waals surface area contributed by atoms with Crippen molar-refractivity contribution in [3.8, 4) is 11.5 Å². The molecule has 2 rings (SSSR count). The van der Waals surface area contributed by atoms with E-state index in [1.807, 2.05) is 24.3 Å². The number of benzene rings is 2. The zero-order chi connectivity index (χ0) is 12.8. The molecule has 0 aliphatic heterocycles. The van der Waals surface area contributed by atoms with Crippen molar-refractivity contribution in [1.82, 2.24) is 0 Å². The number of ether oxygens (including phenoxy) is 2. The van der Waals surface area contributed by atoms with Crippen molar-refractivity contribution in [3.05, 3.63) is 59.7 Å². The average molecular weight is 260 g/mol. The van der Waals surface area contributed by atoms with Gasteiger partial charge in [0.15, 0.2) is 11.5 Å². The van der Waals surface area contributed by atoms with Crippen LogP contribution in [0.2, 0.25) is 0 Å². The fraction of sp³-hybridized carbons (Fsp3) is 0.200. The highest BCUT2D eigenvalue weighted by molar-refractivity contribution is 7.79. The normalized spacial score (nSPS) is 10.1. The number of hydrogen-bond acceptors (Lipinski definition) is 3. The average Bonchev–Trinajstić information content (AvgIpc) is 2.46. The second-order valence-corrected chi connectivity index (χ2v) is 4.23. The number of hydrogen-bond donors (Lipinski definition) is 1. The molecule has 0 spiro atoms. The first kappa shape index (κ1) is 12.8. The molecule has 0 fully saturated rings. The maximum atomic E-state index is 5.74. The predicted octanol–water partition coefficient (Wildman–Crippen LogP) is 3.70. The minimum absolute atomic E-state index is 0.535. The smallest absolute Gasteiger partial charge is 0.161 e. The molecule has 0 bridgehead atoms. The lowest BCUT2D eigenvalue weighted by Gasteiger charge is -2.10. The van der Waals surface area contributed by atoms with Crippen LogP contribution in [0.5, 0.6) is 11.5 Å². The summed E-state index contributed by atoms with van der Waals surface area (Å²) in [5.41, 5.74) is 2.34. The van der Waals surface area contributed by atoms with E-state index in [1.165, 1.54) is 5.56 Å². The third kappa shape index (κ3) is 3.20. The van der Waals surface area contributed by atoms with Crippen LogP contribution in [0.4, 0.5) is 0 Å². The van der Waals surface area contributed by atoms with Gasteiger partial charge >= 0.3 is 0 Å². The standard InChI is InChI=1S/C15H16O2S/c1-16-14-4-2-3-5-15(14)17-10-12-6-8-13(11-18)9-7-12/h2-9,18H,10-11H2,1H3. The van der Waals surface area contributed by atoms with Crippen molar-refractivity contribution >= 4 is 12.6 Å². The van der Waals surface area contributed by atoms with E-state index in [-0.39, 0.29) is 0 Å². The molecule has 3 heteroatoms. The first-order chi connectivity index (χ1) is 8.83. The molecule has 0 saturated carbocycles. The van der Waals surface area contributed by atoms with Gasteiger partial charge in [-0.3, -0.25) is 0 Å². The zero-order valence-corrected chi connectivity index (χ0v) is 11.2. The van der Waals surface area contributed by atoms with Crippen LogP contribution >= 0.6 is 12.6 Å². The minimum Gasteiger partial charge on any atom is -0.493 e. The Morgan fingerprint density at radius 2 is 1.50 bits per heavy atom. The summed E-state index contributed by atoms with van der Waals surface area (Å²) >= 11 is 4.23. The Morgan fingerprint density at radius 3 is 2.11 bits per heavy atom. The Bertz CT molecular complexity index is 494. The van der Waals surface area contributed by atoms with Crippen LogP contribution in [0.25, 0.3) is 0 Å². The minimum atomic E-state index is 0.535. The molecule has 0 saturated heterocycles. The Hall–Kier alpha value is -1.61. The Balaban J connectivity index is 2.02. The van der Waals surface area contributed by atoms with Crippen molar-refractivity contribution in [3.63, 3.8) is 0 Å². The van der Waals surface area contributed by atoms with Crippen molar-refractivity contribution in [2.75, 3.05) is 7.11 Å². The van der Waals surface area contributed by atoms with Gasteiger partial charge in [0.25, 0.3) is 0 Å². The zero-order valence-electron chi connectivity index (χ0n) is 10.3. The van der Waals surface area contributed by atoms with E-state index in [9.17, 15) is 0 Å². The van der Waals surface area contributed by atoms with Crippen molar-refractivity contribution in [1.29, 1.82) is 0 Å². The second kappa shape index (κ2) is 6.36. The molecule has 0 atom stereocenters. The van der Waals surface area contributed by atoms with Crippen LogP contribution < -0.4 is 9.47 Å². The van der Waals surface area contributed by atoms with Crippen LogP contribution in [0.15, 0.2) is 48.5 Å². The maximum absolute atomic E-state index is 5.74. The summed E-state index contributed by atoms with van der Waals surface area (Å²) in [4.78, 5) is 0. The second-order valence-electron chi connectivity index (χ2n) is 3.91. The number of rotatable bonds is 5. The first-order valence-corrected chi connectivity index (χ1v) is 6.41. The van der Waals surface area contributed by atoms with E-state index < -0.39 is 0 Å². The van der Waals surface area contributed by atoms with Crippen molar-refractivity contribution in [2.24, 2.45) is 0 Å². The molecule has 0 aliphatic rings. The molecule has 94 valence electrons. The molecule has 2 aromatic rings. The van der Waals surface area contributed by atoms with Gasteiger partial charge in [0.1, 0.15) is 6.61 Å². The van der Waals surface area contributed by atoms with E-state index >= 15 is 0 Å². The molecule has 0 radical (unpaired) electrons. The van der Waals surface area contributed by atoms with Gasteiger partial charge in [0.05, 0.1) is 7.11 Å². The van der Waals surface area contributed by atoms with Crippen LogP contribution in [-0.4, -0.2) is 7.11 Å². The van der Waals surface area contributed by atoms with Crippen molar-refractivity contribution < 1.29 is 9.47 Å². The highest BCUT2D eigenvalue weighted by atomic mass is 32.1. The van der Waals surface area contributed by atoms with Crippen LogP contribution in [-0.2, 0) is 12.4 Å². The number of methoxy groups -OCH3 is 1. The summed E-state index contributed by atoms with van der Waals surface area (Å²) in [6.07, 6.45) is 0. The summed E-state index contributed by atoms with van der Waals surface area (Å²) < 4.78 is 11.0. The Kier molecular flexibility index (Phi) is 4.53. The molecule has 0 aliphatic carbocycles. The Labute approximate surface area is 113 Å². The van der Waals surface area contributed by atoms with Gasteiger partial charge in [-0.2, -0.15) is 12.6 Å². The molecular weight excluding hydrogens is 244 g/mol. The lowest BCUT2D eigenvalue weighted by molar-refractivity contribution is 0.284. The van der Waals surface area contributed by atoms with Gasteiger partial charge in [0.2, 0.25) is 0 Å². The highest BCUT2D eigenvalue weighted by Crippen LogP contribution is 2.26. The highest BCUT2D eigenvalue weighted by Gasteiger charge is 2.02. The van der Waals surface area contributed by atoms with Gasteiger partial charge in [0, 0.05) is 5.75 Å². The fourth-order valence-electron chi connectivity index (χ4n) is 1.64. The van der Waals surface area contributed by atoms with Gasteiger partial charge in [-0.1, -0.05) is 36.4 Å². The predicted molar refractivity (Wildman–Crippen MR) is 76.5 cm³/mol. The third-order valence-corrected chi connectivity index (χ3v) is 3.03. The summed E-state index contributed by atoms with van der Waals surface area (Å²) in [6, 6.07) is 15.9. The molecule has 2 aromatic carbocycles. The summed E-state index contributed by atoms with van der Waals surface area (Å²) in [5.74, 6) is 2.27. The molecule has 0 heterocycles. The van der Waals surface area contributed by atoms with Crippen LogP contribution in [0, 0.1) is 0 Å². The van der Waals surface area contributed by atoms with Gasteiger partial charge in [-0.25, -0.2) is 0 Å². The molecule has 18 heavy (non-hydrogen) atoms. The number of thiol groups is 1. The van der Waals surface area contributed by atoms with Gasteiger partial charge in [-0.05, 0) is 23.3 Å². The van der Waals surface area contributed by atoms with E-state index in [4.69, 9.17) is 9.47 Å². The van der Waals surface area contributed by atoms with Crippen molar-refractivity contribution in [2.45, 2.75) is 12.4 Å². The lowest BCUT2D eigenvalue weighted by Crippen LogP contribution is -1.97. The molecule has 0 aromatic heterocycles. The topological polar surface area (TPSA) is 18.5 Å². The summed E-state index contributed by atoms with van der Waals surface area (Å²) in [5, 5.41) is 0. The molecule has 0 unspecified atom stereocenters. The SMILES string of the molecule is COc1ccccc1OCc1ccc(CS)cc1. The fourth-order valence-corrected chi connectivity index (χ4v) is 1.85. The molecule has 0 N–H and O–H groups in total. The third-order valence-electron chi connectivity index (χ3n) is 2.67. The Morgan fingerprint density at radius 1 is 0.889 bits per heavy atom. The largest absolute Gasteiger partial charge is 0.493 e. The van der Waals surface area contributed by atoms with E-state index in [1.54, 1.807) is 7.11 Å². The lowest BCUT2D eigenvalue weighted by atomic mass is 10.2. The van der Waals surface area contributed by atoms with Crippen LogP contribution in [0.1, 0.15) is 11.1 Å². The quantitative estimate of drug-likeness (QED) is 0.826. The van der Waals surface area contributed by atoms with E-state index in [2.05, 4.69) is 36.9 Å². The summed E-state index contributed by atoms with van der Waals surface area (Å²) in [7, 11) is 1.64. The van der Waals surface area contributed by atoms with E-state index in [0.717, 1.165) is 22.8 Å². The summed E-state index contributed by atoms with van der Waals surface area (Å²) in [6.45, 7) is 0.535. The van der Waals surface area contributed by atoms with Crippen LogP contribution in [0.3, 0.4) is 0 Å². The maximum Gasteiger partial charge on any atom is 0.161 e. The molecular formula is C15H16O2S. The number of para-hydroxylation sites is 2. The monoisotopic (exact) mass is 260 g/mol.